The molecule has 110 valence electrons. The first kappa shape index (κ1) is 14.4. The van der Waals surface area contributed by atoms with Gasteiger partial charge in [-0.3, -0.25) is 4.98 Å². The van der Waals surface area contributed by atoms with Crippen molar-refractivity contribution in [1.82, 2.24) is 14.5 Å². The first-order valence-electron chi connectivity index (χ1n) is 6.73. The van der Waals surface area contributed by atoms with Crippen LogP contribution in [0.4, 0.5) is 0 Å². The van der Waals surface area contributed by atoms with E-state index in [1.165, 1.54) is 0 Å². The Bertz CT molecular complexity index is 826. The van der Waals surface area contributed by atoms with Gasteiger partial charge in [-0.05, 0) is 23.8 Å². The number of aliphatic hydroxyl groups excluding tert-OH is 1. The Hall–Kier alpha value is -2.59. The zero-order valence-corrected chi connectivity index (χ0v) is 12.5. The molecule has 3 rings (SSSR count). The number of aromatic nitrogens is 3. The van der Waals surface area contributed by atoms with Gasteiger partial charge in [-0.1, -0.05) is 36.4 Å². The molecule has 0 radical (unpaired) electrons. The van der Waals surface area contributed by atoms with E-state index in [1.807, 2.05) is 35.0 Å². The molecule has 0 aliphatic carbocycles. The van der Waals surface area contributed by atoms with Crippen molar-refractivity contribution < 1.29 is 5.11 Å². The lowest BCUT2D eigenvalue weighted by Crippen LogP contribution is -1.96. The number of aliphatic hydroxyl groups is 1. The fraction of sp³-hybridized carbons (Fsp3) is 0.0588. The normalized spacial score (nSPS) is 10.6. The quantitative estimate of drug-likeness (QED) is 0.735. The number of nitrogens with zero attached hydrogens (tertiary/aromatic N) is 3. The predicted octanol–water partition coefficient (Wildman–Crippen LogP) is 4.18. The summed E-state index contributed by atoms with van der Waals surface area (Å²) >= 11 is 6.17. The standard InChI is InChI=1S/C17H14ClN3O/c1-12(22)13-6-7-19-16(8-13)17-10-21(11-20-17)9-14-4-2-3-5-15(14)18/h2-8,10-11,22H,1,9H2. The third-order valence-electron chi connectivity index (χ3n) is 3.30. The van der Waals surface area contributed by atoms with E-state index in [1.54, 1.807) is 24.7 Å². The minimum Gasteiger partial charge on any atom is -0.508 e. The van der Waals surface area contributed by atoms with Crippen molar-refractivity contribution in [2.75, 3.05) is 0 Å². The summed E-state index contributed by atoms with van der Waals surface area (Å²) in [5.74, 6) is 0.0131. The molecule has 2 aromatic heterocycles. The first-order chi connectivity index (χ1) is 10.6. The van der Waals surface area contributed by atoms with E-state index < -0.39 is 0 Å². The van der Waals surface area contributed by atoms with Crippen molar-refractivity contribution in [3.05, 3.63) is 77.8 Å². The fourth-order valence-corrected chi connectivity index (χ4v) is 2.35. The van der Waals surface area contributed by atoms with E-state index in [4.69, 9.17) is 11.6 Å². The summed E-state index contributed by atoms with van der Waals surface area (Å²) in [5.41, 5.74) is 3.07. The predicted molar refractivity (Wildman–Crippen MR) is 87.7 cm³/mol. The molecule has 22 heavy (non-hydrogen) atoms. The Morgan fingerprint density at radius 3 is 2.77 bits per heavy atom. The van der Waals surface area contributed by atoms with Crippen LogP contribution in [0.15, 0.2) is 61.7 Å². The monoisotopic (exact) mass is 311 g/mol. The van der Waals surface area contributed by atoms with Crippen molar-refractivity contribution in [2.45, 2.75) is 6.54 Å². The van der Waals surface area contributed by atoms with Crippen LogP contribution >= 0.6 is 11.6 Å². The van der Waals surface area contributed by atoms with Crippen LogP contribution < -0.4 is 0 Å². The molecule has 0 spiro atoms. The molecule has 0 unspecified atom stereocenters. The average molecular weight is 312 g/mol. The molecule has 0 saturated heterocycles. The highest BCUT2D eigenvalue weighted by atomic mass is 35.5. The third-order valence-corrected chi connectivity index (χ3v) is 3.67. The Morgan fingerprint density at radius 2 is 2.00 bits per heavy atom. The van der Waals surface area contributed by atoms with Crippen LogP contribution in [0, 0.1) is 0 Å². The van der Waals surface area contributed by atoms with Gasteiger partial charge in [-0.25, -0.2) is 4.98 Å². The number of benzene rings is 1. The van der Waals surface area contributed by atoms with Gasteiger partial charge in [-0.2, -0.15) is 0 Å². The van der Waals surface area contributed by atoms with E-state index in [2.05, 4.69) is 16.5 Å². The highest BCUT2D eigenvalue weighted by Crippen LogP contribution is 2.20. The molecule has 0 atom stereocenters. The summed E-state index contributed by atoms with van der Waals surface area (Å²) in [4.78, 5) is 8.63. The molecule has 0 amide bonds. The molecule has 0 aliphatic heterocycles. The maximum absolute atomic E-state index is 9.46. The number of rotatable bonds is 4. The molecule has 4 nitrogen and oxygen atoms in total. The zero-order chi connectivity index (χ0) is 15.5. The van der Waals surface area contributed by atoms with Gasteiger partial charge in [0.2, 0.25) is 0 Å². The lowest BCUT2D eigenvalue weighted by Gasteiger charge is -2.04. The van der Waals surface area contributed by atoms with Crippen molar-refractivity contribution in [2.24, 2.45) is 0 Å². The van der Waals surface area contributed by atoms with Crippen molar-refractivity contribution in [1.29, 1.82) is 0 Å². The van der Waals surface area contributed by atoms with Gasteiger partial charge < -0.3 is 9.67 Å². The van der Waals surface area contributed by atoms with Crippen molar-refractivity contribution in [3.63, 3.8) is 0 Å². The maximum atomic E-state index is 9.46. The smallest absolute Gasteiger partial charge is 0.115 e. The number of halogens is 1. The van der Waals surface area contributed by atoms with Gasteiger partial charge in [0, 0.05) is 29.5 Å². The van der Waals surface area contributed by atoms with Gasteiger partial charge in [0.05, 0.1) is 12.0 Å². The lowest BCUT2D eigenvalue weighted by atomic mass is 10.2. The molecule has 2 heterocycles. The van der Waals surface area contributed by atoms with Crippen LogP contribution in [0.25, 0.3) is 17.1 Å². The minimum atomic E-state index is 0.0131. The largest absolute Gasteiger partial charge is 0.508 e. The second kappa shape index (κ2) is 6.03. The van der Waals surface area contributed by atoms with Crippen molar-refractivity contribution in [3.8, 4) is 11.4 Å². The number of hydrogen-bond acceptors (Lipinski definition) is 3. The maximum Gasteiger partial charge on any atom is 0.115 e. The summed E-state index contributed by atoms with van der Waals surface area (Å²) in [6, 6.07) is 11.2. The van der Waals surface area contributed by atoms with Crippen LogP contribution in [-0.2, 0) is 6.54 Å². The molecular weight excluding hydrogens is 298 g/mol. The van der Waals surface area contributed by atoms with Gasteiger partial charge in [0.25, 0.3) is 0 Å². The van der Waals surface area contributed by atoms with Crippen LogP contribution in [0.2, 0.25) is 5.02 Å². The third kappa shape index (κ3) is 3.02. The summed E-state index contributed by atoms with van der Waals surface area (Å²) in [7, 11) is 0. The first-order valence-corrected chi connectivity index (χ1v) is 7.11. The molecule has 0 saturated carbocycles. The highest BCUT2D eigenvalue weighted by Gasteiger charge is 2.07. The van der Waals surface area contributed by atoms with E-state index in [9.17, 15) is 5.11 Å². The second-order valence-corrected chi connectivity index (χ2v) is 5.31. The van der Waals surface area contributed by atoms with Gasteiger partial charge in [-0.15, -0.1) is 0 Å². The molecule has 0 aliphatic rings. The molecule has 0 fully saturated rings. The van der Waals surface area contributed by atoms with Crippen LogP contribution in [-0.4, -0.2) is 19.6 Å². The van der Waals surface area contributed by atoms with E-state index in [0.717, 1.165) is 16.3 Å². The molecule has 0 bridgehead atoms. The van der Waals surface area contributed by atoms with E-state index in [0.29, 0.717) is 17.8 Å². The van der Waals surface area contributed by atoms with Crippen molar-refractivity contribution >= 4 is 17.4 Å². The fourth-order valence-electron chi connectivity index (χ4n) is 2.15. The summed E-state index contributed by atoms with van der Waals surface area (Å²) in [5, 5.41) is 10.2. The summed E-state index contributed by atoms with van der Waals surface area (Å²) < 4.78 is 1.94. The molecule has 1 N–H and O–H groups in total. The second-order valence-electron chi connectivity index (χ2n) is 4.90. The lowest BCUT2D eigenvalue weighted by molar-refractivity contribution is 0.514. The zero-order valence-electron chi connectivity index (χ0n) is 11.8. The Kier molecular flexibility index (Phi) is 3.94. The van der Waals surface area contributed by atoms with Crippen LogP contribution in [0.3, 0.4) is 0 Å². The molecule has 1 aromatic carbocycles. The molecular formula is C17H14ClN3O. The summed E-state index contributed by atoms with van der Waals surface area (Å²) in [6.07, 6.45) is 5.26. The van der Waals surface area contributed by atoms with Gasteiger partial charge in [0.15, 0.2) is 0 Å². The van der Waals surface area contributed by atoms with E-state index >= 15 is 0 Å². The van der Waals surface area contributed by atoms with Gasteiger partial charge >= 0.3 is 0 Å². The molecule has 5 heteroatoms. The van der Waals surface area contributed by atoms with Crippen LogP contribution in [0.5, 0.6) is 0 Å². The summed E-state index contributed by atoms with van der Waals surface area (Å²) in [6.45, 7) is 4.16. The number of hydrogen-bond donors (Lipinski definition) is 1. The van der Waals surface area contributed by atoms with Crippen LogP contribution in [0.1, 0.15) is 11.1 Å². The molecule has 3 aromatic rings. The van der Waals surface area contributed by atoms with E-state index in [-0.39, 0.29) is 5.76 Å². The Morgan fingerprint density at radius 1 is 1.18 bits per heavy atom. The Labute approximate surface area is 133 Å². The SMILES string of the molecule is C=C(O)c1ccnc(-c2cn(Cc3ccccc3Cl)cn2)c1. The number of pyridine rings is 1. The highest BCUT2D eigenvalue weighted by molar-refractivity contribution is 6.31. The average Bonchev–Trinajstić information content (AvgIpc) is 2.98. The van der Waals surface area contributed by atoms with Gasteiger partial charge in [0.1, 0.15) is 11.5 Å². The topological polar surface area (TPSA) is 50.9 Å². The Balaban J connectivity index is 1.86. The minimum absolute atomic E-state index is 0.0131. The number of imidazole rings is 1.